The fraction of sp³-hybridized carbons (Fsp3) is 0.765. The van der Waals surface area contributed by atoms with E-state index in [9.17, 15) is 5.11 Å². The number of hydrogen-bond donors (Lipinski definition) is 1. The van der Waals surface area contributed by atoms with E-state index in [-0.39, 0.29) is 6.10 Å². The van der Waals surface area contributed by atoms with Gasteiger partial charge in [-0.05, 0) is 96.8 Å². The molecule has 0 bridgehead atoms. The fourth-order valence-electron chi connectivity index (χ4n) is 9.67. The maximum Gasteiger partial charge on any atom is 0.0720 e. The van der Waals surface area contributed by atoms with E-state index in [0.717, 1.165) is 37.2 Å². The molecule has 36 heavy (non-hydrogen) atoms. The van der Waals surface area contributed by atoms with Crippen molar-refractivity contribution in [1.29, 1.82) is 0 Å². The minimum absolute atomic E-state index is 0.104. The van der Waals surface area contributed by atoms with Crippen LogP contribution in [-0.4, -0.2) is 17.3 Å². The van der Waals surface area contributed by atoms with E-state index < -0.39 is 0 Å². The molecule has 0 aromatic heterocycles. The van der Waals surface area contributed by atoms with Crippen molar-refractivity contribution in [3.8, 4) is 0 Å². The molecule has 2 heteroatoms. The van der Waals surface area contributed by atoms with Gasteiger partial charge in [0.25, 0.3) is 0 Å². The summed E-state index contributed by atoms with van der Waals surface area (Å²) in [5.41, 5.74) is 3.62. The van der Waals surface area contributed by atoms with Crippen molar-refractivity contribution < 1.29 is 9.84 Å². The third-order valence-corrected chi connectivity index (χ3v) is 11.6. The zero-order valence-corrected chi connectivity index (χ0v) is 23.7. The lowest BCUT2D eigenvalue weighted by Gasteiger charge is -2.58. The number of aliphatic hydroxyl groups is 1. The van der Waals surface area contributed by atoms with Crippen LogP contribution in [0.15, 0.2) is 42.0 Å². The van der Waals surface area contributed by atoms with E-state index in [4.69, 9.17) is 4.74 Å². The van der Waals surface area contributed by atoms with Crippen LogP contribution in [0.1, 0.15) is 104 Å². The van der Waals surface area contributed by atoms with Crippen molar-refractivity contribution in [2.75, 3.05) is 0 Å². The van der Waals surface area contributed by atoms with Crippen molar-refractivity contribution in [2.45, 2.75) is 118 Å². The molecule has 1 aromatic carbocycles. The van der Waals surface area contributed by atoms with Crippen molar-refractivity contribution in [2.24, 2.45) is 46.3 Å². The third kappa shape index (κ3) is 4.86. The molecule has 5 rings (SSSR count). The molecule has 4 aliphatic rings. The summed E-state index contributed by atoms with van der Waals surface area (Å²) in [6, 6.07) is 10.6. The average Bonchev–Trinajstić information content (AvgIpc) is 3.13. The average molecular weight is 493 g/mol. The van der Waals surface area contributed by atoms with Gasteiger partial charge in [-0.1, -0.05) is 95.9 Å². The van der Waals surface area contributed by atoms with Crippen LogP contribution in [0.3, 0.4) is 0 Å². The van der Waals surface area contributed by atoms with Gasteiger partial charge in [-0.25, -0.2) is 0 Å². The Hall–Kier alpha value is -1.12. The summed E-state index contributed by atoms with van der Waals surface area (Å²) in [6.45, 7) is 13.0. The maximum absolute atomic E-state index is 11.4. The minimum Gasteiger partial charge on any atom is -0.393 e. The van der Waals surface area contributed by atoms with Gasteiger partial charge in [0.2, 0.25) is 0 Å². The van der Waals surface area contributed by atoms with Gasteiger partial charge in [0, 0.05) is 0 Å². The SMILES string of the molecule is CC(C)CCC[C@@H](C)[C@H]1[C@@H](O)C[C@H]2[C@@H]3CC=C4C[C@@H](OCc5ccccc5)CC[C@]4(C)[C@H]3CC[C@]12C. The number of hydrogen-bond acceptors (Lipinski definition) is 2. The molecule has 1 aromatic rings. The highest BCUT2D eigenvalue weighted by Crippen LogP contribution is 2.67. The van der Waals surface area contributed by atoms with Crippen LogP contribution < -0.4 is 0 Å². The summed E-state index contributed by atoms with van der Waals surface area (Å²) < 4.78 is 6.41. The summed E-state index contributed by atoms with van der Waals surface area (Å²) in [7, 11) is 0. The molecule has 4 aliphatic carbocycles. The van der Waals surface area contributed by atoms with Crippen LogP contribution in [0, 0.1) is 46.3 Å². The highest BCUT2D eigenvalue weighted by Gasteiger charge is 2.61. The van der Waals surface area contributed by atoms with Gasteiger partial charge in [-0.2, -0.15) is 0 Å². The molecule has 1 N–H and O–H groups in total. The Bertz CT molecular complexity index is 905. The van der Waals surface area contributed by atoms with Crippen LogP contribution in [0.25, 0.3) is 0 Å². The standard InChI is InChI=1S/C34H52O2/c1-23(2)10-9-11-24(3)32-31(35)21-30-28-15-14-26-20-27(36-22-25-12-7-6-8-13-25)16-18-33(26,4)29(28)17-19-34(30,32)5/h6-8,12-14,23-24,27-32,35H,9-11,15-22H2,1-5H3/t24-,27+,28-,29+,30+,31+,32+,33+,34+/m1/s1. The van der Waals surface area contributed by atoms with Gasteiger partial charge in [-0.3, -0.25) is 0 Å². The van der Waals surface area contributed by atoms with Gasteiger partial charge in [0.1, 0.15) is 0 Å². The second kappa shape index (κ2) is 10.6. The van der Waals surface area contributed by atoms with Gasteiger partial charge in [0.05, 0.1) is 18.8 Å². The summed E-state index contributed by atoms with van der Waals surface area (Å²) in [5, 5.41) is 11.4. The smallest absolute Gasteiger partial charge is 0.0720 e. The maximum atomic E-state index is 11.4. The lowest BCUT2D eigenvalue weighted by atomic mass is 9.47. The van der Waals surface area contributed by atoms with Gasteiger partial charge >= 0.3 is 0 Å². The van der Waals surface area contributed by atoms with Crippen molar-refractivity contribution in [3.05, 3.63) is 47.5 Å². The molecular formula is C34H52O2. The summed E-state index contributed by atoms with van der Waals surface area (Å²) in [5.74, 6) is 4.12. The van der Waals surface area contributed by atoms with E-state index in [2.05, 4.69) is 71.0 Å². The molecule has 0 unspecified atom stereocenters. The molecule has 2 nitrogen and oxygen atoms in total. The van der Waals surface area contributed by atoms with Gasteiger partial charge in [0.15, 0.2) is 0 Å². The Morgan fingerprint density at radius 3 is 2.53 bits per heavy atom. The van der Waals surface area contributed by atoms with Crippen molar-refractivity contribution in [3.63, 3.8) is 0 Å². The molecule has 9 atom stereocenters. The summed E-state index contributed by atoms with van der Waals surface area (Å²) >= 11 is 0. The molecule has 0 aliphatic heterocycles. The Morgan fingerprint density at radius 1 is 1.00 bits per heavy atom. The molecule has 0 radical (unpaired) electrons. The lowest BCUT2D eigenvalue weighted by molar-refractivity contribution is -0.0690. The van der Waals surface area contributed by atoms with Crippen LogP contribution in [0.5, 0.6) is 0 Å². The number of ether oxygens (including phenoxy) is 1. The third-order valence-electron chi connectivity index (χ3n) is 11.6. The number of aliphatic hydroxyl groups excluding tert-OH is 1. The van der Waals surface area contributed by atoms with E-state index in [1.807, 2.05) is 0 Å². The molecule has 0 heterocycles. The monoisotopic (exact) mass is 492 g/mol. The van der Waals surface area contributed by atoms with Crippen LogP contribution >= 0.6 is 0 Å². The Balaban J connectivity index is 1.26. The lowest BCUT2D eigenvalue weighted by Crippen LogP contribution is -2.51. The summed E-state index contributed by atoms with van der Waals surface area (Å²) in [4.78, 5) is 0. The predicted molar refractivity (Wildman–Crippen MR) is 149 cm³/mol. The van der Waals surface area contributed by atoms with E-state index in [0.29, 0.717) is 34.7 Å². The number of fused-ring (bicyclic) bond motifs is 5. The first kappa shape index (κ1) is 26.5. The van der Waals surface area contributed by atoms with E-state index >= 15 is 0 Å². The second-order valence-electron chi connectivity index (χ2n) is 14.1. The van der Waals surface area contributed by atoms with Gasteiger partial charge < -0.3 is 9.84 Å². The van der Waals surface area contributed by atoms with Crippen molar-refractivity contribution in [1.82, 2.24) is 0 Å². The van der Waals surface area contributed by atoms with E-state index in [1.54, 1.807) is 5.57 Å². The Kier molecular flexibility index (Phi) is 7.77. The largest absolute Gasteiger partial charge is 0.393 e. The first-order chi connectivity index (χ1) is 17.2. The predicted octanol–water partition coefficient (Wildman–Crippen LogP) is 8.58. The Morgan fingerprint density at radius 2 is 1.78 bits per heavy atom. The summed E-state index contributed by atoms with van der Waals surface area (Å²) in [6.07, 6.45) is 15.3. The minimum atomic E-state index is -0.104. The number of rotatable bonds is 8. The number of allylic oxidation sites excluding steroid dienone is 1. The first-order valence-corrected chi connectivity index (χ1v) is 15.3. The van der Waals surface area contributed by atoms with Crippen LogP contribution in [-0.2, 0) is 11.3 Å². The van der Waals surface area contributed by atoms with Crippen LogP contribution in [0.4, 0.5) is 0 Å². The zero-order valence-electron chi connectivity index (χ0n) is 23.7. The molecule has 3 saturated carbocycles. The molecule has 3 fully saturated rings. The normalized spacial score (nSPS) is 40.8. The Labute approximate surface area is 221 Å². The first-order valence-electron chi connectivity index (χ1n) is 15.3. The number of benzene rings is 1. The highest BCUT2D eigenvalue weighted by atomic mass is 16.5. The highest BCUT2D eigenvalue weighted by molar-refractivity contribution is 5.26. The molecule has 0 amide bonds. The second-order valence-corrected chi connectivity index (χ2v) is 14.1. The fourth-order valence-corrected chi connectivity index (χ4v) is 9.67. The van der Waals surface area contributed by atoms with Crippen LogP contribution in [0.2, 0.25) is 0 Å². The van der Waals surface area contributed by atoms with Gasteiger partial charge in [-0.15, -0.1) is 0 Å². The molecular weight excluding hydrogens is 440 g/mol. The molecule has 0 saturated heterocycles. The molecule has 0 spiro atoms. The van der Waals surface area contributed by atoms with Crippen molar-refractivity contribution >= 4 is 0 Å². The van der Waals surface area contributed by atoms with E-state index in [1.165, 1.54) is 56.9 Å². The zero-order chi connectivity index (χ0) is 25.5. The molecule has 200 valence electrons. The topological polar surface area (TPSA) is 29.5 Å². The quantitative estimate of drug-likeness (QED) is 0.368.